The van der Waals surface area contributed by atoms with Crippen molar-refractivity contribution < 1.29 is 51.2 Å². The molecule has 46 heavy (non-hydrogen) atoms. The Morgan fingerprint density at radius 2 is 1.39 bits per heavy atom. The molecule has 0 saturated carbocycles. The molecule has 0 amide bonds. The van der Waals surface area contributed by atoms with Crippen molar-refractivity contribution in [3.05, 3.63) is 130 Å². The fourth-order valence-electron chi connectivity index (χ4n) is 4.63. The number of esters is 3. The van der Waals surface area contributed by atoms with Gasteiger partial charge in [0.25, 0.3) is 0 Å². The maximum Gasteiger partial charge on any atom is 0.416 e. The molecule has 0 aliphatic carbocycles. The number of hydrogen-bond donors (Lipinski definition) is 0. The van der Waals surface area contributed by atoms with Gasteiger partial charge in [-0.1, -0.05) is 42.5 Å². The number of alkyl halides is 3. The summed E-state index contributed by atoms with van der Waals surface area (Å²) in [5.74, 6) is -2.91. The van der Waals surface area contributed by atoms with Crippen LogP contribution in [0.2, 0.25) is 0 Å². The smallest absolute Gasteiger partial charge is 0.416 e. The van der Waals surface area contributed by atoms with Gasteiger partial charge >= 0.3 is 29.8 Å². The molecule has 1 fully saturated rings. The number of halogens is 3. The van der Waals surface area contributed by atoms with E-state index in [-0.39, 0.29) is 17.0 Å². The highest BCUT2D eigenvalue weighted by Crippen LogP contribution is 2.35. The summed E-state index contributed by atoms with van der Waals surface area (Å²) in [6, 6.07) is 20.5. The van der Waals surface area contributed by atoms with Gasteiger partial charge in [-0.3, -0.25) is 4.57 Å². The Bertz CT molecular complexity index is 1760. The van der Waals surface area contributed by atoms with Gasteiger partial charge in [0.15, 0.2) is 18.4 Å². The first-order valence-corrected chi connectivity index (χ1v) is 13.7. The summed E-state index contributed by atoms with van der Waals surface area (Å²) < 4.78 is 68.9. The van der Waals surface area contributed by atoms with Crippen molar-refractivity contribution in [2.45, 2.75) is 30.7 Å². The van der Waals surface area contributed by atoms with Crippen LogP contribution in [-0.4, -0.2) is 59.5 Å². The molecule has 4 atom stereocenters. The van der Waals surface area contributed by atoms with Gasteiger partial charge in [-0.05, 0) is 42.5 Å². The van der Waals surface area contributed by atoms with Gasteiger partial charge in [0.2, 0.25) is 5.88 Å². The standard InChI is InChI=1S/C32H25F3N2O9/c1-42-24-15-16-37(31(41)36-24)27-26(46-30(40)21-13-8-14-22(17-21)32(33,34)35)25(45-29(39)20-11-6-3-7-12-20)23(44-27)18-43-28(38)19-9-4-2-5-10-19/h2-17,23,25-27H,18H2,1H3/t23-,25-,26-,27-/m1/s1. The number of methoxy groups -OCH3 is 1. The lowest BCUT2D eigenvalue weighted by Gasteiger charge is -2.25. The molecule has 238 valence electrons. The number of ether oxygens (including phenoxy) is 5. The van der Waals surface area contributed by atoms with Crippen molar-refractivity contribution >= 4 is 17.9 Å². The molecule has 1 aliphatic rings. The highest BCUT2D eigenvalue weighted by Gasteiger charge is 2.52. The second-order valence-corrected chi connectivity index (χ2v) is 9.87. The third-order valence-electron chi connectivity index (χ3n) is 6.88. The van der Waals surface area contributed by atoms with E-state index in [1.165, 1.54) is 43.6 Å². The Morgan fingerprint density at radius 3 is 2.00 bits per heavy atom. The molecule has 0 N–H and O–H groups in total. The Kier molecular flexibility index (Phi) is 9.47. The summed E-state index contributed by atoms with van der Waals surface area (Å²) in [6.07, 6.45) is -9.54. The summed E-state index contributed by atoms with van der Waals surface area (Å²) in [7, 11) is 1.29. The number of carbonyl (C=O) groups excluding carboxylic acids is 3. The van der Waals surface area contributed by atoms with E-state index in [0.29, 0.717) is 6.07 Å². The third kappa shape index (κ3) is 7.24. The van der Waals surface area contributed by atoms with E-state index in [1.54, 1.807) is 36.4 Å². The van der Waals surface area contributed by atoms with E-state index in [1.807, 2.05) is 0 Å². The second-order valence-electron chi connectivity index (χ2n) is 9.87. The largest absolute Gasteiger partial charge is 0.481 e. The lowest BCUT2D eigenvalue weighted by molar-refractivity contribution is -0.137. The first-order chi connectivity index (χ1) is 22.0. The Labute approximate surface area is 259 Å². The van der Waals surface area contributed by atoms with Crippen molar-refractivity contribution in [1.82, 2.24) is 9.55 Å². The summed E-state index contributed by atoms with van der Waals surface area (Å²) in [5.41, 5.74) is -2.18. The Balaban J connectivity index is 1.52. The third-order valence-corrected chi connectivity index (χ3v) is 6.88. The second kappa shape index (κ2) is 13.6. The number of benzene rings is 3. The molecule has 1 aliphatic heterocycles. The molecule has 3 aromatic carbocycles. The summed E-state index contributed by atoms with van der Waals surface area (Å²) >= 11 is 0. The molecule has 4 aromatic rings. The van der Waals surface area contributed by atoms with Crippen LogP contribution in [0.15, 0.2) is 102 Å². The zero-order chi connectivity index (χ0) is 32.8. The highest BCUT2D eigenvalue weighted by atomic mass is 19.4. The average molecular weight is 639 g/mol. The average Bonchev–Trinajstić information content (AvgIpc) is 3.39. The van der Waals surface area contributed by atoms with Crippen LogP contribution < -0.4 is 10.4 Å². The zero-order valence-corrected chi connectivity index (χ0v) is 24.0. The van der Waals surface area contributed by atoms with E-state index in [2.05, 4.69) is 4.98 Å². The highest BCUT2D eigenvalue weighted by molar-refractivity contribution is 5.91. The minimum absolute atomic E-state index is 0.0443. The first-order valence-electron chi connectivity index (χ1n) is 13.7. The van der Waals surface area contributed by atoms with Gasteiger partial charge in [-0.15, -0.1) is 0 Å². The fraction of sp³-hybridized carbons (Fsp3) is 0.219. The number of rotatable bonds is 9. The molecular formula is C32H25F3N2O9. The van der Waals surface area contributed by atoms with Crippen LogP contribution in [0, 0.1) is 0 Å². The van der Waals surface area contributed by atoms with Crippen LogP contribution in [0.25, 0.3) is 0 Å². The molecule has 2 heterocycles. The minimum atomic E-state index is -4.75. The number of hydrogen-bond acceptors (Lipinski definition) is 10. The molecule has 0 unspecified atom stereocenters. The van der Waals surface area contributed by atoms with Crippen LogP contribution in [0.1, 0.15) is 42.9 Å². The lowest BCUT2D eigenvalue weighted by atomic mass is 10.1. The molecular weight excluding hydrogens is 613 g/mol. The van der Waals surface area contributed by atoms with Gasteiger partial charge in [0.1, 0.15) is 12.7 Å². The van der Waals surface area contributed by atoms with Gasteiger partial charge < -0.3 is 23.7 Å². The van der Waals surface area contributed by atoms with Gasteiger partial charge in [0.05, 0.1) is 29.4 Å². The molecule has 0 bridgehead atoms. The van der Waals surface area contributed by atoms with E-state index in [0.717, 1.165) is 22.8 Å². The number of aromatic nitrogens is 2. The van der Waals surface area contributed by atoms with E-state index < -0.39 is 72.0 Å². The normalized spacial score (nSPS) is 19.2. The predicted molar refractivity (Wildman–Crippen MR) is 152 cm³/mol. The molecule has 14 heteroatoms. The zero-order valence-electron chi connectivity index (χ0n) is 24.0. The summed E-state index contributed by atoms with van der Waals surface area (Å²) in [4.78, 5) is 56.0. The molecule has 0 spiro atoms. The molecule has 0 radical (unpaired) electrons. The van der Waals surface area contributed by atoms with Gasteiger partial charge in [-0.25, -0.2) is 19.2 Å². The van der Waals surface area contributed by atoms with Gasteiger partial charge in [0, 0.05) is 12.3 Å². The first kappa shape index (κ1) is 31.9. The van der Waals surface area contributed by atoms with E-state index in [4.69, 9.17) is 23.7 Å². The fourth-order valence-corrected chi connectivity index (χ4v) is 4.63. The van der Waals surface area contributed by atoms with Gasteiger partial charge in [-0.2, -0.15) is 18.2 Å². The van der Waals surface area contributed by atoms with Crippen molar-refractivity contribution in [2.75, 3.05) is 13.7 Å². The monoisotopic (exact) mass is 638 g/mol. The van der Waals surface area contributed by atoms with Crippen molar-refractivity contribution in [3.8, 4) is 5.88 Å². The summed E-state index contributed by atoms with van der Waals surface area (Å²) in [5, 5.41) is 0. The quantitative estimate of drug-likeness (QED) is 0.191. The van der Waals surface area contributed by atoms with Crippen molar-refractivity contribution in [2.24, 2.45) is 0 Å². The van der Waals surface area contributed by atoms with Crippen LogP contribution in [-0.2, 0) is 25.1 Å². The maximum atomic E-state index is 13.4. The van der Waals surface area contributed by atoms with Crippen LogP contribution >= 0.6 is 0 Å². The SMILES string of the molecule is COc1ccn([C@@H]2O[C@H](COC(=O)c3ccccc3)[C@@H](OC(=O)c3ccccc3)[C@H]2OC(=O)c2cccc(C(F)(F)F)c2)c(=O)n1. The molecule has 1 aromatic heterocycles. The van der Waals surface area contributed by atoms with Crippen LogP contribution in [0.3, 0.4) is 0 Å². The Morgan fingerprint density at radius 1 is 0.804 bits per heavy atom. The molecule has 1 saturated heterocycles. The van der Waals surface area contributed by atoms with E-state index >= 15 is 0 Å². The minimum Gasteiger partial charge on any atom is -0.481 e. The topological polar surface area (TPSA) is 132 Å². The van der Waals surface area contributed by atoms with Crippen molar-refractivity contribution in [3.63, 3.8) is 0 Å². The van der Waals surface area contributed by atoms with Crippen LogP contribution in [0.4, 0.5) is 13.2 Å². The predicted octanol–water partition coefficient (Wildman–Crippen LogP) is 4.48. The van der Waals surface area contributed by atoms with Crippen LogP contribution in [0.5, 0.6) is 5.88 Å². The van der Waals surface area contributed by atoms with E-state index in [9.17, 15) is 32.3 Å². The molecule has 5 rings (SSSR count). The Hall–Kier alpha value is -5.50. The lowest BCUT2D eigenvalue weighted by Crippen LogP contribution is -2.42. The summed E-state index contributed by atoms with van der Waals surface area (Å²) in [6.45, 7) is -0.535. The maximum absolute atomic E-state index is 13.4. The van der Waals surface area contributed by atoms with Crippen molar-refractivity contribution in [1.29, 1.82) is 0 Å². The molecule has 11 nitrogen and oxygen atoms in total. The number of carbonyl (C=O) groups is 3. The number of nitrogens with zero attached hydrogens (tertiary/aromatic N) is 2.